The lowest BCUT2D eigenvalue weighted by atomic mass is 10.1. The first kappa shape index (κ1) is 16.8. The number of nitrogens with zero attached hydrogens (tertiary/aromatic N) is 4. The maximum absolute atomic E-state index is 13.1. The first-order valence-corrected chi connectivity index (χ1v) is 9.69. The minimum atomic E-state index is -0.192. The van der Waals surface area contributed by atoms with Crippen molar-refractivity contribution in [3.63, 3.8) is 0 Å². The van der Waals surface area contributed by atoms with E-state index in [1.807, 2.05) is 53.6 Å². The standard InChI is InChI=1S/C19H18N4O2S/c1-26-16-10-3-2-7-13(16)19(24)23-12-6-9-15(23)18-21-17(22-25-18)14-8-4-5-11-20-14/h2-5,7-8,10-11,15H,6,9,12H2,1H3. The number of aromatic nitrogens is 3. The zero-order valence-corrected chi connectivity index (χ0v) is 15.1. The summed E-state index contributed by atoms with van der Waals surface area (Å²) in [6.07, 6.45) is 5.40. The molecule has 3 aromatic rings. The Morgan fingerprint density at radius 1 is 1.23 bits per heavy atom. The lowest BCUT2D eigenvalue weighted by Gasteiger charge is -2.22. The summed E-state index contributed by atoms with van der Waals surface area (Å²) in [6, 6.07) is 13.0. The molecule has 0 bridgehead atoms. The summed E-state index contributed by atoms with van der Waals surface area (Å²) in [7, 11) is 0. The van der Waals surface area contributed by atoms with Gasteiger partial charge in [-0.25, -0.2) is 0 Å². The minimum absolute atomic E-state index is 0.00929. The molecule has 0 aliphatic carbocycles. The smallest absolute Gasteiger partial charge is 0.255 e. The minimum Gasteiger partial charge on any atom is -0.337 e. The highest BCUT2D eigenvalue weighted by atomic mass is 32.2. The quantitative estimate of drug-likeness (QED) is 0.654. The fourth-order valence-electron chi connectivity index (χ4n) is 3.21. The van der Waals surface area contributed by atoms with Gasteiger partial charge in [0.15, 0.2) is 0 Å². The molecule has 6 nitrogen and oxygen atoms in total. The van der Waals surface area contributed by atoms with Gasteiger partial charge < -0.3 is 9.42 Å². The average Bonchev–Trinajstić information content (AvgIpc) is 3.37. The number of carbonyl (C=O) groups excluding carboxylic acids is 1. The molecule has 1 fully saturated rings. The van der Waals surface area contributed by atoms with Gasteiger partial charge in [0.05, 0.1) is 5.56 Å². The first-order chi connectivity index (χ1) is 12.8. The first-order valence-electron chi connectivity index (χ1n) is 8.47. The lowest BCUT2D eigenvalue weighted by molar-refractivity contribution is 0.0706. The molecule has 0 spiro atoms. The zero-order valence-electron chi connectivity index (χ0n) is 14.3. The molecule has 1 amide bonds. The Kier molecular flexibility index (Phi) is 4.71. The molecule has 0 saturated carbocycles. The zero-order chi connectivity index (χ0) is 17.9. The van der Waals surface area contributed by atoms with Crippen LogP contribution in [-0.4, -0.2) is 38.7 Å². The van der Waals surface area contributed by atoms with E-state index >= 15 is 0 Å². The highest BCUT2D eigenvalue weighted by molar-refractivity contribution is 7.98. The van der Waals surface area contributed by atoms with E-state index < -0.39 is 0 Å². The number of thioether (sulfide) groups is 1. The summed E-state index contributed by atoms with van der Waals surface area (Å²) >= 11 is 1.57. The predicted octanol–water partition coefficient (Wildman–Crippen LogP) is 3.83. The average molecular weight is 366 g/mol. The van der Waals surface area contributed by atoms with Crippen LogP contribution in [0.5, 0.6) is 0 Å². The van der Waals surface area contributed by atoms with Gasteiger partial charge in [0.1, 0.15) is 11.7 Å². The molecule has 26 heavy (non-hydrogen) atoms. The second-order valence-electron chi connectivity index (χ2n) is 6.03. The third kappa shape index (κ3) is 3.10. The Morgan fingerprint density at radius 2 is 2.08 bits per heavy atom. The number of hydrogen-bond acceptors (Lipinski definition) is 6. The maximum Gasteiger partial charge on any atom is 0.255 e. The van der Waals surface area contributed by atoms with Gasteiger partial charge in [0.25, 0.3) is 5.91 Å². The largest absolute Gasteiger partial charge is 0.337 e. The van der Waals surface area contributed by atoms with Crippen molar-refractivity contribution in [3.8, 4) is 11.5 Å². The van der Waals surface area contributed by atoms with E-state index in [0.717, 1.165) is 23.3 Å². The fraction of sp³-hybridized carbons (Fsp3) is 0.263. The fourth-order valence-corrected chi connectivity index (χ4v) is 3.80. The molecule has 1 saturated heterocycles. The molecule has 2 aromatic heterocycles. The van der Waals surface area contributed by atoms with Gasteiger partial charge in [-0.15, -0.1) is 11.8 Å². The van der Waals surface area contributed by atoms with E-state index in [9.17, 15) is 4.79 Å². The summed E-state index contributed by atoms with van der Waals surface area (Å²) < 4.78 is 5.48. The van der Waals surface area contributed by atoms with E-state index in [1.54, 1.807) is 18.0 Å². The van der Waals surface area contributed by atoms with E-state index in [2.05, 4.69) is 15.1 Å². The Bertz CT molecular complexity index is 913. The van der Waals surface area contributed by atoms with Crippen molar-refractivity contribution in [2.24, 2.45) is 0 Å². The van der Waals surface area contributed by atoms with Crippen LogP contribution in [0.3, 0.4) is 0 Å². The molecule has 1 atom stereocenters. The van der Waals surface area contributed by atoms with Crippen molar-refractivity contribution in [2.75, 3.05) is 12.8 Å². The van der Waals surface area contributed by atoms with Crippen LogP contribution >= 0.6 is 11.8 Å². The Labute approximate surface area is 155 Å². The Morgan fingerprint density at radius 3 is 2.88 bits per heavy atom. The summed E-state index contributed by atoms with van der Waals surface area (Å²) in [5.74, 6) is 0.928. The van der Waals surface area contributed by atoms with Crippen LogP contribution in [-0.2, 0) is 0 Å². The van der Waals surface area contributed by atoms with Gasteiger partial charge >= 0.3 is 0 Å². The monoisotopic (exact) mass is 366 g/mol. The summed E-state index contributed by atoms with van der Waals surface area (Å²) in [6.45, 7) is 0.688. The van der Waals surface area contributed by atoms with E-state index in [1.165, 1.54) is 0 Å². The number of hydrogen-bond donors (Lipinski definition) is 0. The number of carbonyl (C=O) groups is 1. The Balaban J connectivity index is 1.61. The predicted molar refractivity (Wildman–Crippen MR) is 98.8 cm³/mol. The number of rotatable bonds is 4. The molecular weight excluding hydrogens is 348 g/mol. The van der Waals surface area contributed by atoms with Crippen LogP contribution in [0.25, 0.3) is 11.5 Å². The second-order valence-corrected chi connectivity index (χ2v) is 6.88. The van der Waals surface area contributed by atoms with E-state index in [-0.39, 0.29) is 11.9 Å². The van der Waals surface area contributed by atoms with Gasteiger partial charge in [-0.05, 0) is 43.4 Å². The SMILES string of the molecule is CSc1ccccc1C(=O)N1CCCC1c1nc(-c2ccccn2)no1. The molecular formula is C19H18N4O2S. The van der Waals surface area contributed by atoms with Crippen molar-refractivity contribution in [3.05, 3.63) is 60.1 Å². The maximum atomic E-state index is 13.1. The molecule has 0 N–H and O–H groups in total. The van der Waals surface area contributed by atoms with Gasteiger partial charge in [-0.2, -0.15) is 4.98 Å². The molecule has 7 heteroatoms. The highest BCUT2D eigenvalue weighted by Crippen LogP contribution is 2.34. The molecule has 1 aromatic carbocycles. The van der Waals surface area contributed by atoms with Crippen LogP contribution in [0.2, 0.25) is 0 Å². The van der Waals surface area contributed by atoms with Crippen molar-refractivity contribution in [2.45, 2.75) is 23.8 Å². The second kappa shape index (κ2) is 7.29. The van der Waals surface area contributed by atoms with Crippen molar-refractivity contribution in [1.82, 2.24) is 20.0 Å². The molecule has 3 heterocycles. The highest BCUT2D eigenvalue weighted by Gasteiger charge is 2.35. The van der Waals surface area contributed by atoms with E-state index in [0.29, 0.717) is 24.0 Å². The van der Waals surface area contributed by atoms with Gasteiger partial charge in [0, 0.05) is 17.6 Å². The third-order valence-electron chi connectivity index (χ3n) is 4.47. The number of benzene rings is 1. The van der Waals surface area contributed by atoms with Crippen LogP contribution in [0.15, 0.2) is 58.1 Å². The molecule has 132 valence electrons. The molecule has 1 aliphatic heterocycles. The Hall–Kier alpha value is -2.67. The summed E-state index contributed by atoms with van der Waals surface area (Å²) in [5.41, 5.74) is 1.38. The normalized spacial score (nSPS) is 16.8. The summed E-state index contributed by atoms with van der Waals surface area (Å²) in [5, 5.41) is 4.04. The van der Waals surface area contributed by atoms with Crippen molar-refractivity contribution >= 4 is 17.7 Å². The van der Waals surface area contributed by atoms with Crippen LogP contribution in [0.1, 0.15) is 35.1 Å². The molecule has 1 unspecified atom stereocenters. The molecule has 1 aliphatic rings. The van der Waals surface area contributed by atoms with Crippen molar-refractivity contribution in [1.29, 1.82) is 0 Å². The van der Waals surface area contributed by atoms with Gasteiger partial charge in [0.2, 0.25) is 11.7 Å². The van der Waals surface area contributed by atoms with Crippen molar-refractivity contribution < 1.29 is 9.32 Å². The number of likely N-dealkylation sites (tertiary alicyclic amines) is 1. The summed E-state index contributed by atoms with van der Waals surface area (Å²) in [4.78, 5) is 24.6. The van der Waals surface area contributed by atoms with Crippen LogP contribution in [0, 0.1) is 0 Å². The number of amides is 1. The number of pyridine rings is 1. The van der Waals surface area contributed by atoms with Crippen LogP contribution < -0.4 is 0 Å². The van der Waals surface area contributed by atoms with Gasteiger partial charge in [-0.3, -0.25) is 9.78 Å². The topological polar surface area (TPSA) is 72.1 Å². The van der Waals surface area contributed by atoms with Gasteiger partial charge in [-0.1, -0.05) is 23.4 Å². The molecule has 0 radical (unpaired) electrons. The lowest BCUT2D eigenvalue weighted by Crippen LogP contribution is -2.31. The van der Waals surface area contributed by atoms with E-state index in [4.69, 9.17) is 4.52 Å². The van der Waals surface area contributed by atoms with Crippen LogP contribution in [0.4, 0.5) is 0 Å². The molecule has 4 rings (SSSR count). The third-order valence-corrected chi connectivity index (χ3v) is 5.27.